The summed E-state index contributed by atoms with van der Waals surface area (Å²) in [6.45, 7) is 19.4. The molecular weight excluding hydrogens is 811 g/mol. The normalized spacial score (nSPS) is 15.5. The standard InChI is InChI=1S/C51H107N5O4S2/c1-6-10-14-18-20-26-36-50(61(57,58)52-40-30-16-12-8-3)38-28-22-24-32-42-55(44-34-35-45-56-48-46-54(5)47-49-56)43-33-25-23-29-39-51(37-27-21-19-15-11-7-2)62(59,60)53-41-31-17-13-9-4/h50-53H,6-49H2,1-5H3. The fourth-order valence-electron chi connectivity index (χ4n) is 9.18. The van der Waals surface area contributed by atoms with Gasteiger partial charge >= 0.3 is 0 Å². The van der Waals surface area contributed by atoms with E-state index in [1.165, 1.54) is 123 Å². The van der Waals surface area contributed by atoms with Crippen LogP contribution in [0.1, 0.15) is 246 Å². The van der Waals surface area contributed by atoms with Gasteiger partial charge < -0.3 is 14.7 Å². The van der Waals surface area contributed by atoms with Crippen molar-refractivity contribution in [3.63, 3.8) is 0 Å². The lowest BCUT2D eigenvalue weighted by Crippen LogP contribution is -2.44. The molecule has 11 heteroatoms. The van der Waals surface area contributed by atoms with Crippen LogP contribution in [0.15, 0.2) is 0 Å². The molecule has 0 spiro atoms. The third-order valence-corrected chi connectivity index (χ3v) is 17.5. The average molecular weight is 919 g/mol. The number of rotatable bonds is 47. The second kappa shape index (κ2) is 40.9. The van der Waals surface area contributed by atoms with E-state index in [-0.39, 0.29) is 10.5 Å². The summed E-state index contributed by atoms with van der Waals surface area (Å²) in [5, 5.41) is -0.510. The van der Waals surface area contributed by atoms with Crippen molar-refractivity contribution in [3.8, 4) is 0 Å². The van der Waals surface area contributed by atoms with Gasteiger partial charge in [0, 0.05) is 39.3 Å². The molecule has 1 fully saturated rings. The van der Waals surface area contributed by atoms with Crippen molar-refractivity contribution < 1.29 is 16.8 Å². The molecule has 9 nitrogen and oxygen atoms in total. The highest BCUT2D eigenvalue weighted by atomic mass is 32.2. The Hall–Kier alpha value is -0.300. The van der Waals surface area contributed by atoms with Crippen molar-refractivity contribution in [1.29, 1.82) is 0 Å². The quantitative estimate of drug-likeness (QED) is 0.0586. The van der Waals surface area contributed by atoms with Crippen molar-refractivity contribution in [2.75, 3.05) is 72.5 Å². The van der Waals surface area contributed by atoms with Crippen molar-refractivity contribution in [1.82, 2.24) is 24.1 Å². The zero-order valence-electron chi connectivity index (χ0n) is 42.1. The molecule has 0 aromatic rings. The van der Waals surface area contributed by atoms with Gasteiger partial charge in [-0.05, 0) is 97.4 Å². The summed E-state index contributed by atoms with van der Waals surface area (Å²) in [6.07, 6.45) is 37.6. The minimum absolute atomic E-state index is 0.255. The number of unbranched alkanes of at least 4 members (excludes halogenated alkanes) is 23. The van der Waals surface area contributed by atoms with Gasteiger partial charge in [-0.2, -0.15) is 0 Å². The Kier molecular flexibility index (Phi) is 39.4. The second-order valence-electron chi connectivity index (χ2n) is 19.5. The first-order chi connectivity index (χ1) is 30.1. The van der Waals surface area contributed by atoms with E-state index in [4.69, 9.17) is 0 Å². The van der Waals surface area contributed by atoms with Crippen LogP contribution in [0.5, 0.6) is 0 Å². The molecule has 0 bridgehead atoms. The summed E-state index contributed by atoms with van der Waals surface area (Å²) in [5.74, 6) is 0. The lowest BCUT2D eigenvalue weighted by atomic mass is 10.0. The van der Waals surface area contributed by atoms with Gasteiger partial charge in [-0.15, -0.1) is 0 Å². The van der Waals surface area contributed by atoms with Gasteiger partial charge in [0.2, 0.25) is 20.0 Å². The molecule has 1 rings (SSSR count). The number of hydrogen-bond acceptors (Lipinski definition) is 7. The van der Waals surface area contributed by atoms with E-state index >= 15 is 0 Å². The fraction of sp³-hybridized carbons (Fsp3) is 1.00. The topological polar surface area (TPSA) is 102 Å². The molecule has 1 saturated heterocycles. The second-order valence-corrected chi connectivity index (χ2v) is 23.5. The number of hydrogen-bond donors (Lipinski definition) is 2. The zero-order chi connectivity index (χ0) is 45.4. The number of nitrogens with one attached hydrogen (secondary N) is 2. The van der Waals surface area contributed by atoms with Gasteiger partial charge in [0.05, 0.1) is 10.5 Å². The molecule has 1 heterocycles. The molecule has 0 aliphatic carbocycles. The highest BCUT2D eigenvalue weighted by Crippen LogP contribution is 2.21. The number of piperazine rings is 1. The maximum atomic E-state index is 13.4. The lowest BCUT2D eigenvalue weighted by molar-refractivity contribution is 0.149. The number of likely N-dealkylation sites (N-methyl/N-ethyl adjacent to an activating group) is 1. The number of nitrogens with zero attached hydrogens (tertiary/aromatic N) is 3. The molecule has 2 N–H and O–H groups in total. The zero-order valence-corrected chi connectivity index (χ0v) is 43.7. The van der Waals surface area contributed by atoms with Crippen molar-refractivity contribution in [2.45, 2.75) is 257 Å². The Morgan fingerprint density at radius 3 is 1.08 bits per heavy atom. The first-order valence-corrected chi connectivity index (χ1v) is 30.3. The van der Waals surface area contributed by atoms with Gasteiger partial charge in [-0.3, -0.25) is 0 Å². The molecule has 372 valence electrons. The van der Waals surface area contributed by atoms with E-state index in [0.717, 1.165) is 148 Å². The lowest BCUT2D eigenvalue weighted by Gasteiger charge is -2.32. The van der Waals surface area contributed by atoms with E-state index in [2.05, 4.69) is 58.9 Å². The number of sulfonamides is 2. The summed E-state index contributed by atoms with van der Waals surface area (Å²) in [6, 6.07) is 0. The summed E-state index contributed by atoms with van der Waals surface area (Å²) in [4.78, 5) is 7.77. The van der Waals surface area contributed by atoms with E-state index < -0.39 is 20.0 Å². The molecule has 62 heavy (non-hydrogen) atoms. The van der Waals surface area contributed by atoms with Gasteiger partial charge in [0.15, 0.2) is 0 Å². The van der Waals surface area contributed by atoms with E-state index in [1.54, 1.807) is 0 Å². The van der Waals surface area contributed by atoms with Crippen LogP contribution >= 0.6 is 0 Å². The summed E-state index contributed by atoms with van der Waals surface area (Å²) >= 11 is 0. The van der Waals surface area contributed by atoms with Gasteiger partial charge in [-0.1, -0.05) is 182 Å². The minimum Gasteiger partial charge on any atom is -0.304 e. The predicted molar refractivity (Wildman–Crippen MR) is 271 cm³/mol. The molecule has 0 saturated carbocycles. The average Bonchev–Trinajstić information content (AvgIpc) is 3.25. The van der Waals surface area contributed by atoms with E-state index in [9.17, 15) is 16.8 Å². The van der Waals surface area contributed by atoms with Crippen molar-refractivity contribution >= 4 is 20.0 Å². The highest BCUT2D eigenvalue weighted by molar-refractivity contribution is 7.90. The Morgan fingerprint density at radius 1 is 0.403 bits per heavy atom. The first kappa shape index (κ1) is 59.7. The highest BCUT2D eigenvalue weighted by Gasteiger charge is 2.25. The monoisotopic (exact) mass is 918 g/mol. The SMILES string of the molecule is CCCCCCCCC(CCCCCCN(CCCCCCC(CCCCCCCC)S(=O)(=O)NCCCCCC)CCCCN1CCN(C)CC1)S(=O)(=O)NCCCCCC. The molecule has 1 aliphatic heterocycles. The third-order valence-electron chi connectivity index (χ3n) is 13.6. The molecule has 0 aromatic carbocycles. The maximum absolute atomic E-state index is 13.4. The van der Waals surface area contributed by atoms with Crippen LogP contribution in [0.4, 0.5) is 0 Å². The van der Waals surface area contributed by atoms with Gasteiger partial charge in [0.25, 0.3) is 0 Å². The smallest absolute Gasteiger partial charge is 0.214 e. The Bertz CT molecular complexity index is 1110. The Labute approximate surface area is 388 Å². The van der Waals surface area contributed by atoms with Crippen LogP contribution in [0.25, 0.3) is 0 Å². The van der Waals surface area contributed by atoms with Gasteiger partial charge in [-0.25, -0.2) is 26.3 Å². The van der Waals surface area contributed by atoms with Crippen molar-refractivity contribution in [2.24, 2.45) is 0 Å². The third kappa shape index (κ3) is 33.2. The molecule has 0 aromatic heterocycles. The molecule has 0 radical (unpaired) electrons. The van der Waals surface area contributed by atoms with Crippen LogP contribution in [0.3, 0.4) is 0 Å². The first-order valence-electron chi connectivity index (χ1n) is 27.2. The summed E-state index contributed by atoms with van der Waals surface area (Å²) in [7, 11) is -4.33. The van der Waals surface area contributed by atoms with E-state index in [1.807, 2.05) is 0 Å². The summed E-state index contributed by atoms with van der Waals surface area (Å²) in [5.41, 5.74) is 0. The van der Waals surface area contributed by atoms with Crippen LogP contribution in [-0.4, -0.2) is 115 Å². The summed E-state index contributed by atoms with van der Waals surface area (Å²) < 4.78 is 59.7. The Morgan fingerprint density at radius 2 is 0.710 bits per heavy atom. The molecular formula is C51H107N5O4S2. The van der Waals surface area contributed by atoms with Crippen LogP contribution in [0, 0.1) is 0 Å². The van der Waals surface area contributed by atoms with Gasteiger partial charge in [0.1, 0.15) is 0 Å². The fourth-order valence-corrected chi connectivity index (χ4v) is 12.4. The van der Waals surface area contributed by atoms with Crippen LogP contribution in [0.2, 0.25) is 0 Å². The maximum Gasteiger partial charge on any atom is 0.214 e. The van der Waals surface area contributed by atoms with E-state index in [0.29, 0.717) is 13.1 Å². The molecule has 2 atom stereocenters. The van der Waals surface area contributed by atoms with Crippen LogP contribution < -0.4 is 9.44 Å². The Balaban J connectivity index is 2.66. The van der Waals surface area contributed by atoms with Crippen molar-refractivity contribution in [3.05, 3.63) is 0 Å². The molecule has 0 amide bonds. The minimum atomic E-state index is -3.28. The predicted octanol–water partition coefficient (Wildman–Crippen LogP) is 12.5. The molecule has 2 unspecified atom stereocenters. The van der Waals surface area contributed by atoms with Crippen LogP contribution in [-0.2, 0) is 20.0 Å². The molecule has 1 aliphatic rings. The largest absolute Gasteiger partial charge is 0.304 e.